The van der Waals surface area contributed by atoms with Crippen LogP contribution in [-0.2, 0) is 24.5 Å². The van der Waals surface area contributed by atoms with Gasteiger partial charge >= 0.3 is 0 Å². The number of hydrogen-bond acceptors (Lipinski definition) is 11. The lowest BCUT2D eigenvalue weighted by molar-refractivity contribution is -0.0970. The number of likely N-dealkylation sites (tertiary alicyclic amines) is 1. The predicted octanol–water partition coefficient (Wildman–Crippen LogP) is 4.90. The Balaban J connectivity index is 1.25. The van der Waals surface area contributed by atoms with Crippen LogP contribution in [0.1, 0.15) is 35.8 Å². The van der Waals surface area contributed by atoms with E-state index in [1.807, 2.05) is 85.9 Å². The van der Waals surface area contributed by atoms with Gasteiger partial charge in [0.05, 0.1) is 40.4 Å². The topological polar surface area (TPSA) is 135 Å². The average molecular weight is 709 g/mol. The maximum absolute atomic E-state index is 11.9. The van der Waals surface area contributed by atoms with Crippen molar-refractivity contribution < 1.29 is 33.5 Å². The van der Waals surface area contributed by atoms with E-state index in [9.17, 15) is 5.11 Å². The smallest absolute Gasteiger partial charge is 0.185 e. The van der Waals surface area contributed by atoms with Gasteiger partial charge in [-0.15, -0.1) is 0 Å². The van der Waals surface area contributed by atoms with Gasteiger partial charge < -0.3 is 38.4 Å². The lowest BCUT2D eigenvalue weighted by atomic mass is 9.80. The van der Waals surface area contributed by atoms with E-state index in [1.54, 1.807) is 32.2 Å². The first kappa shape index (κ1) is 35.5. The van der Waals surface area contributed by atoms with E-state index in [2.05, 4.69) is 19.9 Å². The first-order valence-corrected chi connectivity index (χ1v) is 17.4. The third-order valence-corrected chi connectivity index (χ3v) is 9.73. The molecule has 0 aliphatic carbocycles. The van der Waals surface area contributed by atoms with Crippen molar-refractivity contribution in [3.8, 4) is 11.5 Å². The summed E-state index contributed by atoms with van der Waals surface area (Å²) in [6.07, 6.45) is 1.56. The molecule has 2 aliphatic rings. The summed E-state index contributed by atoms with van der Waals surface area (Å²) < 4.78 is 38.1. The SMILES string of the molecule is COCCO[C@@H]1[C@H](O)[C@@H](COC(c2ccccc2)(c2ccc(OC)cc2)c2ccc(OC)cc2)O[C@H]1n1cnc2c(N=C3CCCN3C)ncnc21. The van der Waals surface area contributed by atoms with Crippen molar-refractivity contribution in [2.75, 3.05) is 54.7 Å². The molecular formula is C39H44N6O7. The highest BCUT2D eigenvalue weighted by molar-refractivity contribution is 5.90. The summed E-state index contributed by atoms with van der Waals surface area (Å²) in [4.78, 5) is 20.6. The number of methoxy groups -OCH3 is 3. The second-order valence-electron chi connectivity index (χ2n) is 12.8. The number of fused-ring (bicyclic) bond motifs is 1. The van der Waals surface area contributed by atoms with E-state index in [-0.39, 0.29) is 13.2 Å². The van der Waals surface area contributed by atoms with Crippen LogP contribution in [0.25, 0.3) is 11.2 Å². The number of benzene rings is 3. The minimum Gasteiger partial charge on any atom is -0.497 e. The summed E-state index contributed by atoms with van der Waals surface area (Å²) in [6.45, 7) is 1.53. The van der Waals surface area contributed by atoms with Gasteiger partial charge in [-0.05, 0) is 47.4 Å². The first-order chi connectivity index (χ1) is 25.5. The molecule has 4 atom stereocenters. The summed E-state index contributed by atoms with van der Waals surface area (Å²) in [7, 11) is 6.90. The van der Waals surface area contributed by atoms with Crippen molar-refractivity contribution in [1.82, 2.24) is 24.4 Å². The van der Waals surface area contributed by atoms with E-state index < -0.39 is 30.1 Å². The molecule has 0 amide bonds. The first-order valence-electron chi connectivity index (χ1n) is 17.4. The van der Waals surface area contributed by atoms with Crippen LogP contribution in [0.3, 0.4) is 0 Å². The van der Waals surface area contributed by atoms with E-state index >= 15 is 0 Å². The van der Waals surface area contributed by atoms with Gasteiger partial charge in [0.2, 0.25) is 0 Å². The van der Waals surface area contributed by atoms with Crippen LogP contribution in [0.2, 0.25) is 0 Å². The number of ether oxygens (including phenoxy) is 6. The van der Waals surface area contributed by atoms with Gasteiger partial charge in [-0.25, -0.2) is 19.9 Å². The van der Waals surface area contributed by atoms with Crippen LogP contribution < -0.4 is 9.47 Å². The molecule has 4 heterocycles. The predicted molar refractivity (Wildman–Crippen MR) is 194 cm³/mol. The lowest BCUT2D eigenvalue weighted by Gasteiger charge is -2.37. The number of amidine groups is 1. The van der Waals surface area contributed by atoms with E-state index in [0.29, 0.717) is 23.6 Å². The summed E-state index contributed by atoms with van der Waals surface area (Å²) >= 11 is 0. The van der Waals surface area contributed by atoms with Crippen LogP contribution in [0.4, 0.5) is 5.82 Å². The maximum atomic E-state index is 11.9. The summed E-state index contributed by atoms with van der Waals surface area (Å²) in [5, 5.41) is 11.9. The van der Waals surface area contributed by atoms with Crippen LogP contribution in [0.15, 0.2) is 96.5 Å². The van der Waals surface area contributed by atoms with Crippen molar-refractivity contribution >= 4 is 22.8 Å². The maximum Gasteiger partial charge on any atom is 0.185 e. The molecule has 7 rings (SSSR count). The van der Waals surface area contributed by atoms with E-state index in [1.165, 1.54) is 6.33 Å². The molecule has 5 aromatic rings. The van der Waals surface area contributed by atoms with Crippen LogP contribution in [0.5, 0.6) is 11.5 Å². The molecule has 52 heavy (non-hydrogen) atoms. The zero-order valence-corrected chi connectivity index (χ0v) is 29.8. The third-order valence-electron chi connectivity index (χ3n) is 9.73. The van der Waals surface area contributed by atoms with Gasteiger partial charge in [0.1, 0.15) is 47.6 Å². The van der Waals surface area contributed by atoms with Gasteiger partial charge in [0.15, 0.2) is 23.2 Å². The highest BCUT2D eigenvalue weighted by atomic mass is 16.6. The van der Waals surface area contributed by atoms with Crippen LogP contribution >= 0.6 is 0 Å². The number of aromatic nitrogens is 4. The molecule has 0 saturated carbocycles. The third kappa shape index (κ3) is 6.85. The zero-order chi connectivity index (χ0) is 36.1. The number of nitrogens with zero attached hydrogens (tertiary/aromatic N) is 6. The number of aliphatic hydroxyl groups excluding tert-OH is 1. The standard InChI is InChI=1S/C39H44N6O7/c1-44-20-8-11-32(44)43-36-33-37(41-24-40-36)45(25-42-33)38-35(50-22-21-47-2)34(46)31(52-38)23-51-39(26-9-6-5-7-10-26,27-12-16-29(48-3)17-13-27)28-14-18-30(49-4)19-15-28/h5-7,9-10,12-19,24-25,31,34-35,38,46H,8,11,20-23H2,1-4H3/t31-,34-,35-,38-/m1/s1. The molecule has 3 aromatic carbocycles. The Hall–Kier alpha value is -4.92. The van der Waals surface area contributed by atoms with Gasteiger partial charge in [0.25, 0.3) is 0 Å². The average Bonchev–Trinajstić information content (AvgIpc) is 3.89. The highest BCUT2D eigenvalue weighted by Crippen LogP contribution is 2.43. The minimum atomic E-state index is -1.11. The molecule has 0 spiro atoms. The van der Waals surface area contributed by atoms with E-state index in [4.69, 9.17) is 33.4 Å². The number of imidazole rings is 1. The molecule has 0 radical (unpaired) electrons. The quantitative estimate of drug-likeness (QED) is 0.125. The van der Waals surface area contributed by atoms with Gasteiger partial charge in [-0.2, -0.15) is 0 Å². The number of hydrogen-bond donors (Lipinski definition) is 1. The fourth-order valence-electron chi connectivity index (χ4n) is 6.97. The monoisotopic (exact) mass is 708 g/mol. The minimum absolute atomic E-state index is 0.00160. The molecule has 2 saturated heterocycles. The highest BCUT2D eigenvalue weighted by Gasteiger charge is 2.48. The Bertz CT molecular complexity index is 1910. The molecule has 272 valence electrons. The summed E-state index contributed by atoms with van der Waals surface area (Å²) in [5.41, 5.74) is 2.56. The molecule has 13 heteroatoms. The largest absolute Gasteiger partial charge is 0.497 e. The Morgan fingerprint density at radius 3 is 2.15 bits per heavy atom. The Kier molecular flexibility index (Phi) is 10.8. The summed E-state index contributed by atoms with van der Waals surface area (Å²) in [6, 6.07) is 25.6. The fraction of sp³-hybridized carbons (Fsp3) is 0.385. The Labute approximate surface area is 302 Å². The molecule has 2 aliphatic heterocycles. The second kappa shape index (κ2) is 15.8. The molecule has 0 bridgehead atoms. The van der Waals surface area contributed by atoms with Crippen molar-refractivity contribution in [2.24, 2.45) is 4.99 Å². The lowest BCUT2D eigenvalue weighted by Crippen LogP contribution is -2.40. The summed E-state index contributed by atoms with van der Waals surface area (Å²) in [5.74, 6) is 2.87. The number of aliphatic hydroxyl groups is 1. The molecule has 1 N–H and O–H groups in total. The Morgan fingerprint density at radius 1 is 0.865 bits per heavy atom. The zero-order valence-electron chi connectivity index (χ0n) is 29.8. The van der Waals surface area contributed by atoms with Crippen LogP contribution in [-0.4, -0.2) is 108 Å². The van der Waals surface area contributed by atoms with Crippen molar-refractivity contribution in [1.29, 1.82) is 0 Å². The molecule has 2 aromatic heterocycles. The van der Waals surface area contributed by atoms with Crippen molar-refractivity contribution in [3.05, 3.63) is 108 Å². The molecule has 2 fully saturated rings. The van der Waals surface area contributed by atoms with E-state index in [0.717, 1.165) is 53.4 Å². The normalized spacial score (nSPS) is 21.3. The molecule has 13 nitrogen and oxygen atoms in total. The van der Waals surface area contributed by atoms with Gasteiger partial charge in [-0.3, -0.25) is 4.57 Å². The van der Waals surface area contributed by atoms with Gasteiger partial charge in [0, 0.05) is 27.1 Å². The molecular weight excluding hydrogens is 664 g/mol. The number of aliphatic imine (C=N–C) groups is 1. The van der Waals surface area contributed by atoms with Crippen molar-refractivity contribution in [3.63, 3.8) is 0 Å². The number of rotatable bonds is 14. The molecule has 0 unspecified atom stereocenters. The second-order valence-corrected chi connectivity index (χ2v) is 12.8. The van der Waals surface area contributed by atoms with Crippen molar-refractivity contribution in [2.45, 2.75) is 43.0 Å². The van der Waals surface area contributed by atoms with Crippen LogP contribution in [0, 0.1) is 0 Å². The van der Waals surface area contributed by atoms with Gasteiger partial charge in [-0.1, -0.05) is 54.6 Å². The fourth-order valence-corrected chi connectivity index (χ4v) is 6.97. The Morgan fingerprint density at radius 2 is 1.54 bits per heavy atom.